The minimum absolute atomic E-state index is 0.111. The van der Waals surface area contributed by atoms with Gasteiger partial charge in [0.15, 0.2) is 6.29 Å². The summed E-state index contributed by atoms with van der Waals surface area (Å²) in [6.45, 7) is 9.86. The summed E-state index contributed by atoms with van der Waals surface area (Å²) in [5.74, 6) is -1.91. The van der Waals surface area contributed by atoms with Crippen LogP contribution in [0, 0.1) is 5.41 Å². The molecule has 194 valence electrons. The topological polar surface area (TPSA) is 108 Å². The summed E-state index contributed by atoms with van der Waals surface area (Å²) < 4.78 is 11.4. The third kappa shape index (κ3) is 4.53. The summed E-state index contributed by atoms with van der Waals surface area (Å²) in [7, 11) is 0. The van der Waals surface area contributed by atoms with E-state index >= 15 is 0 Å². The predicted octanol–water partition coefficient (Wildman–Crippen LogP) is 1.39. The van der Waals surface area contributed by atoms with Gasteiger partial charge < -0.3 is 14.4 Å². The molecule has 10 nitrogen and oxygen atoms in total. The van der Waals surface area contributed by atoms with Gasteiger partial charge in [-0.1, -0.05) is 0 Å². The number of nitrogens with one attached hydrogen (secondary N) is 1. The van der Waals surface area contributed by atoms with E-state index in [4.69, 9.17) is 9.47 Å². The Morgan fingerprint density at radius 3 is 2.31 bits per heavy atom. The molecule has 1 spiro atoms. The fourth-order valence-electron chi connectivity index (χ4n) is 5.98. The number of nitrogens with zero attached hydrogens (tertiary/aromatic N) is 3. The zero-order valence-electron chi connectivity index (χ0n) is 21.0. The Labute approximate surface area is 210 Å². The number of hydrogen-bond acceptors (Lipinski definition) is 8. The Hall–Kier alpha value is -2.82. The van der Waals surface area contributed by atoms with E-state index in [9.17, 15) is 19.2 Å². The van der Waals surface area contributed by atoms with Crippen molar-refractivity contribution in [3.63, 3.8) is 0 Å². The maximum absolute atomic E-state index is 13.1. The van der Waals surface area contributed by atoms with E-state index in [-0.39, 0.29) is 25.0 Å². The number of hydrogen-bond donors (Lipinski definition) is 1. The van der Waals surface area contributed by atoms with Gasteiger partial charge in [-0.3, -0.25) is 34.3 Å². The number of rotatable bonds is 8. The van der Waals surface area contributed by atoms with E-state index in [1.165, 1.54) is 0 Å². The molecule has 0 aromatic heterocycles. The number of amides is 4. The zero-order chi connectivity index (χ0) is 25.4. The quantitative estimate of drug-likeness (QED) is 0.423. The summed E-state index contributed by atoms with van der Waals surface area (Å²) in [4.78, 5) is 55.5. The summed E-state index contributed by atoms with van der Waals surface area (Å²) in [6.07, 6.45) is 2.21. The fourth-order valence-corrected chi connectivity index (χ4v) is 5.98. The maximum atomic E-state index is 13.1. The van der Waals surface area contributed by atoms with Crippen molar-refractivity contribution in [3.8, 4) is 0 Å². The van der Waals surface area contributed by atoms with Crippen molar-refractivity contribution >= 4 is 29.3 Å². The van der Waals surface area contributed by atoms with Crippen LogP contribution in [0.4, 0.5) is 5.69 Å². The van der Waals surface area contributed by atoms with Crippen molar-refractivity contribution in [3.05, 3.63) is 29.3 Å². The van der Waals surface area contributed by atoms with Gasteiger partial charge in [0.05, 0.1) is 11.1 Å². The molecule has 36 heavy (non-hydrogen) atoms. The monoisotopic (exact) mass is 498 g/mol. The van der Waals surface area contributed by atoms with Gasteiger partial charge in [0.1, 0.15) is 6.04 Å². The molecular formula is C26H34N4O6. The molecule has 0 radical (unpaired) electrons. The molecule has 4 aliphatic rings. The van der Waals surface area contributed by atoms with Crippen LogP contribution in [0.2, 0.25) is 0 Å². The van der Waals surface area contributed by atoms with Crippen molar-refractivity contribution in [1.29, 1.82) is 0 Å². The normalized spacial score (nSPS) is 23.9. The predicted molar refractivity (Wildman–Crippen MR) is 130 cm³/mol. The molecule has 3 saturated heterocycles. The van der Waals surface area contributed by atoms with Gasteiger partial charge in [-0.15, -0.1) is 0 Å². The summed E-state index contributed by atoms with van der Waals surface area (Å²) in [6, 6.07) is 4.41. The second-order valence-electron chi connectivity index (χ2n) is 10.2. The van der Waals surface area contributed by atoms with Gasteiger partial charge in [0.25, 0.3) is 11.8 Å². The Morgan fingerprint density at radius 2 is 1.67 bits per heavy atom. The molecule has 1 N–H and O–H groups in total. The zero-order valence-corrected chi connectivity index (χ0v) is 21.0. The van der Waals surface area contributed by atoms with Crippen molar-refractivity contribution in [2.75, 3.05) is 50.8 Å². The number of likely N-dealkylation sites (tertiary alicyclic amines) is 1. The van der Waals surface area contributed by atoms with Gasteiger partial charge in [-0.25, -0.2) is 0 Å². The Kier molecular flexibility index (Phi) is 6.84. The van der Waals surface area contributed by atoms with E-state index in [1.807, 2.05) is 19.9 Å². The van der Waals surface area contributed by atoms with Crippen molar-refractivity contribution < 1.29 is 28.7 Å². The van der Waals surface area contributed by atoms with Crippen molar-refractivity contribution in [2.45, 2.75) is 51.9 Å². The molecular weight excluding hydrogens is 464 g/mol. The summed E-state index contributed by atoms with van der Waals surface area (Å²) in [5, 5.41) is 2.23. The number of carbonyl (C=O) groups is 4. The summed E-state index contributed by atoms with van der Waals surface area (Å²) >= 11 is 0. The average molecular weight is 499 g/mol. The van der Waals surface area contributed by atoms with Crippen LogP contribution < -0.4 is 10.2 Å². The Balaban J connectivity index is 1.20. The third-order valence-corrected chi connectivity index (χ3v) is 7.84. The lowest BCUT2D eigenvalue weighted by atomic mass is 9.72. The third-order valence-electron chi connectivity index (χ3n) is 7.84. The van der Waals surface area contributed by atoms with E-state index < -0.39 is 23.8 Å². The molecule has 5 rings (SSSR count). The van der Waals surface area contributed by atoms with Gasteiger partial charge in [0.2, 0.25) is 11.8 Å². The lowest BCUT2D eigenvalue weighted by Crippen LogP contribution is -2.61. The highest BCUT2D eigenvalue weighted by Gasteiger charge is 2.47. The van der Waals surface area contributed by atoms with Crippen LogP contribution in [0.1, 0.15) is 60.2 Å². The smallest absolute Gasteiger partial charge is 0.262 e. The fraction of sp³-hybridized carbons (Fsp3) is 0.615. The first-order chi connectivity index (χ1) is 17.3. The standard InChI is InChI=1S/C26H34N4O6/c1-3-35-22(36-4-2)14-28-15-26(16-28)9-11-29(12-10-26)17-5-6-18-19(13-17)25(34)30(24(18)33)20-7-8-21(31)27-23(20)32/h5-6,13,20,22H,3-4,7-12,14-16H2,1-2H3,(H,27,31,32). The maximum Gasteiger partial charge on any atom is 0.262 e. The largest absolute Gasteiger partial charge is 0.371 e. The minimum Gasteiger partial charge on any atom is -0.371 e. The number of benzene rings is 1. The number of ether oxygens (including phenoxy) is 2. The second kappa shape index (κ2) is 9.91. The number of imide groups is 2. The van der Waals surface area contributed by atoms with Gasteiger partial charge in [0, 0.05) is 58.0 Å². The molecule has 4 heterocycles. The lowest BCUT2D eigenvalue weighted by Gasteiger charge is -2.55. The highest BCUT2D eigenvalue weighted by Crippen LogP contribution is 2.42. The van der Waals surface area contributed by atoms with Crippen LogP contribution in [-0.4, -0.2) is 91.7 Å². The van der Waals surface area contributed by atoms with Crippen LogP contribution in [0.25, 0.3) is 0 Å². The van der Waals surface area contributed by atoms with E-state index in [1.54, 1.807) is 12.1 Å². The number of carbonyl (C=O) groups excluding carboxylic acids is 4. The molecule has 1 unspecified atom stereocenters. The molecule has 10 heteroatoms. The van der Waals surface area contributed by atoms with Gasteiger partial charge in [-0.05, 0) is 56.7 Å². The van der Waals surface area contributed by atoms with Crippen LogP contribution >= 0.6 is 0 Å². The molecule has 1 aromatic rings. The molecule has 0 bridgehead atoms. The molecule has 4 amide bonds. The molecule has 0 saturated carbocycles. The van der Waals surface area contributed by atoms with Gasteiger partial charge in [-0.2, -0.15) is 0 Å². The van der Waals surface area contributed by atoms with Crippen LogP contribution in [-0.2, 0) is 19.1 Å². The first-order valence-corrected chi connectivity index (χ1v) is 12.9. The van der Waals surface area contributed by atoms with Gasteiger partial charge >= 0.3 is 0 Å². The highest BCUT2D eigenvalue weighted by molar-refractivity contribution is 6.23. The minimum atomic E-state index is -0.944. The molecule has 4 aliphatic heterocycles. The van der Waals surface area contributed by atoms with Crippen LogP contribution in [0.15, 0.2) is 18.2 Å². The van der Waals surface area contributed by atoms with E-state index in [0.29, 0.717) is 29.8 Å². The molecule has 1 atom stereocenters. The molecule has 0 aliphatic carbocycles. The first kappa shape index (κ1) is 24.9. The Morgan fingerprint density at radius 1 is 1.00 bits per heavy atom. The van der Waals surface area contributed by atoms with E-state index in [0.717, 1.165) is 56.2 Å². The van der Waals surface area contributed by atoms with E-state index in [2.05, 4.69) is 15.1 Å². The lowest BCUT2D eigenvalue weighted by molar-refractivity contribution is -0.166. The van der Waals surface area contributed by atoms with Crippen molar-refractivity contribution in [1.82, 2.24) is 15.1 Å². The highest BCUT2D eigenvalue weighted by atomic mass is 16.7. The number of piperidine rings is 2. The van der Waals surface area contributed by atoms with Crippen LogP contribution in [0.3, 0.4) is 0 Å². The molecule has 3 fully saturated rings. The number of anilines is 1. The number of fused-ring (bicyclic) bond motifs is 1. The Bertz CT molecular complexity index is 1050. The second-order valence-corrected chi connectivity index (χ2v) is 10.2. The first-order valence-electron chi connectivity index (χ1n) is 12.9. The van der Waals surface area contributed by atoms with Crippen LogP contribution in [0.5, 0.6) is 0 Å². The summed E-state index contributed by atoms with van der Waals surface area (Å²) in [5.41, 5.74) is 1.87. The van der Waals surface area contributed by atoms with Crippen molar-refractivity contribution in [2.24, 2.45) is 5.41 Å². The molecule has 1 aromatic carbocycles. The SMILES string of the molecule is CCOC(CN1CC2(CCN(c3ccc4c(c3)C(=O)N(C3CCC(=O)NC3=O)C4=O)CC2)C1)OCC. The average Bonchev–Trinajstić information content (AvgIpc) is 3.08.